The van der Waals surface area contributed by atoms with Crippen molar-refractivity contribution < 1.29 is 9.59 Å². The number of nitrogens with zero attached hydrogens (tertiary/aromatic N) is 1. The molecule has 0 spiro atoms. The molecule has 1 amide bonds. The third kappa shape index (κ3) is 2.67. The first-order valence-corrected chi connectivity index (χ1v) is 6.96. The summed E-state index contributed by atoms with van der Waals surface area (Å²) in [6.07, 6.45) is 3.89. The molecule has 2 heterocycles. The van der Waals surface area contributed by atoms with Crippen LogP contribution in [0, 0.1) is 12.0 Å². The van der Waals surface area contributed by atoms with Gasteiger partial charge in [0.15, 0.2) is 0 Å². The fourth-order valence-electron chi connectivity index (χ4n) is 2.58. The van der Waals surface area contributed by atoms with Crippen LogP contribution in [0.25, 0.3) is 0 Å². The predicted octanol–water partition coefficient (Wildman–Crippen LogP) is 1.81. The highest BCUT2D eigenvalue weighted by Crippen LogP contribution is 2.23. The van der Waals surface area contributed by atoms with Crippen molar-refractivity contribution in [3.63, 3.8) is 0 Å². The average molecular weight is 268 g/mol. The van der Waals surface area contributed by atoms with Gasteiger partial charge < -0.3 is 10.2 Å². The number of amides is 1. The molecule has 0 atom stereocenters. The summed E-state index contributed by atoms with van der Waals surface area (Å²) in [5.74, 6) is 2.50. The molecule has 20 heavy (non-hydrogen) atoms. The second kappa shape index (κ2) is 5.38. The zero-order valence-electron chi connectivity index (χ0n) is 11.2. The van der Waals surface area contributed by atoms with Crippen LogP contribution in [0.15, 0.2) is 18.2 Å². The number of benzene rings is 1. The maximum absolute atomic E-state index is 12.1. The Labute approximate surface area is 118 Å². The van der Waals surface area contributed by atoms with Crippen molar-refractivity contribution in [2.75, 3.05) is 18.4 Å². The Morgan fingerprint density at radius 2 is 2.00 bits per heavy atom. The summed E-state index contributed by atoms with van der Waals surface area (Å²) in [5, 5.41) is 2.75. The number of nitrogens with one attached hydrogen (secondary N) is 1. The molecule has 0 aliphatic carbocycles. The van der Waals surface area contributed by atoms with E-state index in [1.807, 2.05) is 4.90 Å². The van der Waals surface area contributed by atoms with Crippen LogP contribution >= 0.6 is 0 Å². The predicted molar refractivity (Wildman–Crippen MR) is 76.3 cm³/mol. The lowest BCUT2D eigenvalue weighted by molar-refractivity contribution is -0.115. The Bertz CT molecular complexity index is 619. The second-order valence-electron chi connectivity index (χ2n) is 5.21. The summed E-state index contributed by atoms with van der Waals surface area (Å²) in [6, 6.07) is 8.21. The molecule has 0 unspecified atom stereocenters. The number of rotatable bonds is 1. The highest BCUT2D eigenvalue weighted by Gasteiger charge is 2.18. The Balaban J connectivity index is 1.73. The first-order valence-electron chi connectivity index (χ1n) is 6.96. The fourth-order valence-corrected chi connectivity index (χ4v) is 2.58. The second-order valence-corrected chi connectivity index (χ2v) is 5.21. The Morgan fingerprint density at radius 1 is 1.20 bits per heavy atom. The molecule has 1 aromatic rings. The molecule has 0 saturated carbocycles. The summed E-state index contributed by atoms with van der Waals surface area (Å²) >= 11 is 0. The molecular formula is C16H16N2O2. The van der Waals surface area contributed by atoms with E-state index in [1.165, 1.54) is 6.42 Å². The maximum atomic E-state index is 12.1. The number of carbonyl (C=O) groups excluding carboxylic acids is 2. The van der Waals surface area contributed by atoms with Gasteiger partial charge in [0.05, 0.1) is 6.42 Å². The van der Waals surface area contributed by atoms with Gasteiger partial charge in [-0.25, -0.2) is 0 Å². The van der Waals surface area contributed by atoms with Gasteiger partial charge in [-0.2, -0.15) is 0 Å². The first-order chi connectivity index (χ1) is 9.72. The average Bonchev–Trinajstić information content (AvgIpc) is 2.85. The van der Waals surface area contributed by atoms with Gasteiger partial charge in [0, 0.05) is 30.4 Å². The van der Waals surface area contributed by atoms with Crippen molar-refractivity contribution in [2.24, 2.45) is 0 Å². The van der Waals surface area contributed by atoms with Gasteiger partial charge in [-0.3, -0.25) is 9.59 Å². The first kappa shape index (κ1) is 12.7. The zero-order chi connectivity index (χ0) is 13.9. The largest absolute Gasteiger partial charge is 0.332 e. The van der Waals surface area contributed by atoms with Crippen LogP contribution in [0.2, 0.25) is 0 Å². The number of likely N-dealkylation sites (tertiary alicyclic amines) is 1. The molecule has 0 bridgehead atoms. The van der Waals surface area contributed by atoms with Gasteiger partial charge in [0.1, 0.15) is 0 Å². The minimum atomic E-state index is -0.183. The fraction of sp³-hybridized carbons (Fsp3) is 0.375. The van der Waals surface area contributed by atoms with E-state index in [2.05, 4.69) is 17.3 Å². The number of fused-ring (bicyclic) bond motifs is 1. The van der Waals surface area contributed by atoms with Gasteiger partial charge in [-0.05, 0) is 48.9 Å². The van der Waals surface area contributed by atoms with Gasteiger partial charge >= 0.3 is 0 Å². The third-order valence-electron chi connectivity index (χ3n) is 3.68. The molecule has 4 nitrogen and oxygen atoms in total. The van der Waals surface area contributed by atoms with E-state index in [1.54, 1.807) is 18.2 Å². The number of hydrogen-bond donors (Lipinski definition) is 1. The SMILES string of the molecule is O=C1Cc2cc(C(=O)C#CN3CCCCC3)ccc2N1. The molecule has 1 aromatic carbocycles. The van der Waals surface area contributed by atoms with Crippen molar-refractivity contribution in [1.29, 1.82) is 0 Å². The van der Waals surface area contributed by atoms with Gasteiger partial charge in [0.25, 0.3) is 0 Å². The van der Waals surface area contributed by atoms with E-state index in [0.717, 1.165) is 37.2 Å². The van der Waals surface area contributed by atoms with Gasteiger partial charge in [-0.15, -0.1) is 0 Å². The van der Waals surface area contributed by atoms with E-state index < -0.39 is 0 Å². The normalized spacial score (nSPS) is 17.0. The highest BCUT2D eigenvalue weighted by molar-refractivity contribution is 6.10. The number of anilines is 1. The van der Waals surface area contributed by atoms with Crippen LogP contribution in [-0.2, 0) is 11.2 Å². The molecular weight excluding hydrogens is 252 g/mol. The smallest absolute Gasteiger partial charge is 0.237 e. The van der Waals surface area contributed by atoms with Crippen LogP contribution in [0.1, 0.15) is 35.2 Å². The molecule has 102 valence electrons. The molecule has 1 N–H and O–H groups in total. The van der Waals surface area contributed by atoms with Crippen molar-refractivity contribution in [3.8, 4) is 12.0 Å². The van der Waals surface area contributed by atoms with Crippen LogP contribution in [0.5, 0.6) is 0 Å². The summed E-state index contributed by atoms with van der Waals surface area (Å²) < 4.78 is 0. The molecule has 0 aromatic heterocycles. The lowest BCUT2D eigenvalue weighted by atomic mass is 10.1. The Morgan fingerprint density at radius 3 is 2.80 bits per heavy atom. The number of Topliss-reactive ketones (excluding diaryl/α,β-unsaturated/α-hetero) is 1. The maximum Gasteiger partial charge on any atom is 0.237 e. The van der Waals surface area contributed by atoms with Crippen molar-refractivity contribution in [1.82, 2.24) is 4.90 Å². The van der Waals surface area contributed by atoms with Crippen LogP contribution in [0.4, 0.5) is 5.69 Å². The summed E-state index contributed by atoms with van der Waals surface area (Å²) in [4.78, 5) is 25.4. The van der Waals surface area contributed by atoms with Crippen LogP contribution in [0.3, 0.4) is 0 Å². The molecule has 2 aliphatic heterocycles. The summed E-state index contributed by atoms with van der Waals surface area (Å²) in [5.41, 5.74) is 2.24. The summed E-state index contributed by atoms with van der Waals surface area (Å²) in [6.45, 7) is 1.89. The lowest BCUT2D eigenvalue weighted by Gasteiger charge is -2.21. The zero-order valence-corrected chi connectivity index (χ0v) is 11.2. The highest BCUT2D eigenvalue weighted by atomic mass is 16.1. The molecule has 2 aliphatic rings. The van der Waals surface area contributed by atoms with Crippen molar-refractivity contribution in [2.45, 2.75) is 25.7 Å². The van der Waals surface area contributed by atoms with Crippen LogP contribution < -0.4 is 5.32 Å². The number of hydrogen-bond acceptors (Lipinski definition) is 3. The Kier molecular flexibility index (Phi) is 3.42. The molecule has 1 fully saturated rings. The quantitative estimate of drug-likeness (QED) is 0.624. The van der Waals surface area contributed by atoms with E-state index >= 15 is 0 Å². The van der Waals surface area contributed by atoms with Gasteiger partial charge in [0.2, 0.25) is 11.7 Å². The lowest BCUT2D eigenvalue weighted by Crippen LogP contribution is -2.25. The number of piperidine rings is 1. The van der Waals surface area contributed by atoms with E-state index in [9.17, 15) is 9.59 Å². The molecule has 1 saturated heterocycles. The van der Waals surface area contributed by atoms with E-state index in [0.29, 0.717) is 12.0 Å². The molecule has 4 heteroatoms. The van der Waals surface area contributed by atoms with E-state index in [-0.39, 0.29) is 11.7 Å². The van der Waals surface area contributed by atoms with Gasteiger partial charge in [-0.1, -0.05) is 0 Å². The molecule has 3 rings (SSSR count). The minimum Gasteiger partial charge on any atom is -0.332 e. The number of carbonyl (C=O) groups is 2. The van der Waals surface area contributed by atoms with E-state index in [4.69, 9.17) is 0 Å². The summed E-state index contributed by atoms with van der Waals surface area (Å²) in [7, 11) is 0. The number of ketones is 1. The monoisotopic (exact) mass is 268 g/mol. The van der Waals surface area contributed by atoms with Crippen LogP contribution in [-0.4, -0.2) is 29.7 Å². The van der Waals surface area contributed by atoms with Crippen molar-refractivity contribution in [3.05, 3.63) is 29.3 Å². The molecule has 0 radical (unpaired) electrons. The van der Waals surface area contributed by atoms with Crippen molar-refractivity contribution >= 4 is 17.4 Å². The minimum absolute atomic E-state index is 0.0241. The third-order valence-corrected chi connectivity index (χ3v) is 3.68. The Hall–Kier alpha value is -2.28. The topological polar surface area (TPSA) is 49.4 Å². The standard InChI is InChI=1S/C16H16N2O2/c19-15(6-9-18-7-2-1-3-8-18)12-4-5-14-13(10-12)11-16(20)17-14/h4-5,10H,1-3,7-8,11H2,(H,17,20).